The average molecular weight is 330 g/mol. The Kier molecular flexibility index (Phi) is 3.29. The van der Waals surface area contributed by atoms with Gasteiger partial charge in [-0.05, 0) is 48.9 Å². The lowest BCUT2D eigenvalue weighted by Crippen LogP contribution is -2.61. The van der Waals surface area contributed by atoms with Gasteiger partial charge in [-0.3, -0.25) is 14.4 Å². The fourth-order valence-corrected chi connectivity index (χ4v) is 7.52. The van der Waals surface area contributed by atoms with Crippen LogP contribution in [-0.2, 0) is 14.4 Å². The number of carbonyl (C=O) groups is 3. The molecule has 0 aromatic carbocycles. The van der Waals surface area contributed by atoms with Gasteiger partial charge in [0.1, 0.15) is 17.3 Å². The maximum atomic E-state index is 13.2. The third-order valence-electron chi connectivity index (χ3n) is 8.74. The molecule has 24 heavy (non-hydrogen) atoms. The van der Waals surface area contributed by atoms with Crippen molar-refractivity contribution >= 4 is 17.3 Å². The first-order valence-electron chi connectivity index (χ1n) is 9.71. The van der Waals surface area contributed by atoms with Gasteiger partial charge in [-0.15, -0.1) is 0 Å². The first-order valence-corrected chi connectivity index (χ1v) is 9.71. The summed E-state index contributed by atoms with van der Waals surface area (Å²) in [7, 11) is 0. The molecule has 4 fully saturated rings. The van der Waals surface area contributed by atoms with Gasteiger partial charge in [0.2, 0.25) is 0 Å². The van der Waals surface area contributed by atoms with Gasteiger partial charge >= 0.3 is 0 Å². The van der Waals surface area contributed by atoms with Gasteiger partial charge in [-0.2, -0.15) is 0 Å². The number of ketones is 3. The van der Waals surface area contributed by atoms with Gasteiger partial charge in [0.15, 0.2) is 0 Å². The van der Waals surface area contributed by atoms with Crippen molar-refractivity contribution in [2.45, 2.75) is 72.6 Å². The number of hydrogen-bond acceptors (Lipinski definition) is 3. The van der Waals surface area contributed by atoms with Crippen LogP contribution in [0.3, 0.4) is 0 Å². The fraction of sp³-hybridized carbons (Fsp3) is 0.857. The highest BCUT2D eigenvalue weighted by Gasteiger charge is 2.65. The maximum Gasteiger partial charge on any atom is 0.139 e. The molecule has 0 aromatic rings. The van der Waals surface area contributed by atoms with E-state index in [9.17, 15) is 14.4 Å². The van der Waals surface area contributed by atoms with Crippen LogP contribution in [0.5, 0.6) is 0 Å². The van der Waals surface area contributed by atoms with E-state index < -0.39 is 5.41 Å². The normalized spacial score (nSPS) is 50.2. The van der Waals surface area contributed by atoms with Crippen molar-refractivity contribution in [3.8, 4) is 0 Å². The quantitative estimate of drug-likeness (QED) is 0.675. The first kappa shape index (κ1) is 16.5. The Hall–Kier alpha value is -0.990. The molecule has 0 saturated heterocycles. The van der Waals surface area contributed by atoms with E-state index in [4.69, 9.17) is 0 Å². The molecule has 4 aliphatic rings. The number of rotatable bonds is 0. The van der Waals surface area contributed by atoms with Crippen LogP contribution in [0.15, 0.2) is 0 Å². The average Bonchev–Trinajstić information content (AvgIpc) is 2.79. The molecule has 0 aliphatic heterocycles. The second-order valence-electron chi connectivity index (χ2n) is 10.0. The zero-order valence-electron chi connectivity index (χ0n) is 15.5. The van der Waals surface area contributed by atoms with Gasteiger partial charge < -0.3 is 0 Å². The first-order chi connectivity index (χ1) is 11.1. The van der Waals surface area contributed by atoms with Crippen LogP contribution in [0.1, 0.15) is 72.6 Å². The number of Topliss-reactive ketones (excluding diaryl/α,β-unsaturated/α-hetero) is 3. The Morgan fingerprint density at radius 2 is 1.54 bits per heavy atom. The molecule has 4 rings (SSSR count). The molecule has 0 aromatic heterocycles. The molecule has 0 spiro atoms. The van der Waals surface area contributed by atoms with Crippen LogP contribution in [0.4, 0.5) is 0 Å². The van der Waals surface area contributed by atoms with Gasteiger partial charge in [-0.1, -0.05) is 27.7 Å². The summed E-state index contributed by atoms with van der Waals surface area (Å²) in [6.45, 7) is 8.40. The third kappa shape index (κ3) is 1.82. The minimum Gasteiger partial charge on any atom is -0.299 e. The highest BCUT2D eigenvalue weighted by molar-refractivity contribution is 5.95. The van der Waals surface area contributed by atoms with Crippen molar-refractivity contribution in [2.24, 2.45) is 39.9 Å². The fourth-order valence-electron chi connectivity index (χ4n) is 7.52. The molecular weight excluding hydrogens is 300 g/mol. The summed E-state index contributed by atoms with van der Waals surface area (Å²) < 4.78 is 0. The second-order valence-corrected chi connectivity index (χ2v) is 10.0. The predicted octanol–water partition coefficient (Wildman–Crippen LogP) is 3.98. The van der Waals surface area contributed by atoms with E-state index in [1.807, 2.05) is 13.8 Å². The molecule has 6 atom stereocenters. The Morgan fingerprint density at radius 3 is 2.25 bits per heavy atom. The molecule has 132 valence electrons. The summed E-state index contributed by atoms with van der Waals surface area (Å²) in [6.07, 6.45) is 5.74. The molecule has 0 radical (unpaired) electrons. The summed E-state index contributed by atoms with van der Waals surface area (Å²) in [5.41, 5.74) is -0.781. The smallest absolute Gasteiger partial charge is 0.139 e. The molecule has 3 heteroatoms. The SMILES string of the molecule is CC1(C)C(=O)CC[C@]2(C)[C@H]3CC[C@]4(C)C(=O)CC[C@H]4[C@@H]3CC(=O)[C@@H]12. The standard InChI is InChI=1S/C21H30O3/c1-19(2)16(23)8-10-21(4)14-7-9-20(3)13(5-6-17(20)24)12(14)11-15(22)18(19)21/h12-14,18H,5-11H2,1-4H3/t12-,13-,14-,18-,20-,21+/m0/s1. The van der Waals surface area contributed by atoms with E-state index in [1.165, 1.54) is 0 Å². The van der Waals surface area contributed by atoms with Crippen molar-refractivity contribution in [3.05, 3.63) is 0 Å². The summed E-state index contributed by atoms with van der Waals surface area (Å²) in [5, 5.41) is 0. The maximum absolute atomic E-state index is 13.2. The van der Waals surface area contributed by atoms with Crippen LogP contribution in [0.2, 0.25) is 0 Å². The molecule has 0 amide bonds. The highest BCUT2D eigenvalue weighted by atomic mass is 16.1. The summed E-state index contributed by atoms with van der Waals surface area (Å²) in [4.78, 5) is 38.2. The van der Waals surface area contributed by atoms with E-state index in [0.717, 1.165) is 25.7 Å². The number of carbonyl (C=O) groups excluding carboxylic acids is 3. The van der Waals surface area contributed by atoms with E-state index in [-0.39, 0.29) is 22.5 Å². The Morgan fingerprint density at radius 1 is 0.833 bits per heavy atom. The monoisotopic (exact) mass is 330 g/mol. The molecular formula is C21H30O3. The summed E-state index contributed by atoms with van der Waals surface area (Å²) >= 11 is 0. The molecule has 3 nitrogen and oxygen atoms in total. The van der Waals surface area contributed by atoms with E-state index in [0.29, 0.717) is 48.6 Å². The molecule has 0 N–H and O–H groups in total. The molecule has 0 bridgehead atoms. The molecule has 4 aliphatic carbocycles. The van der Waals surface area contributed by atoms with Crippen molar-refractivity contribution in [1.29, 1.82) is 0 Å². The Labute approximate surface area is 144 Å². The van der Waals surface area contributed by atoms with Gasteiger partial charge in [0.25, 0.3) is 0 Å². The second kappa shape index (κ2) is 4.80. The van der Waals surface area contributed by atoms with Crippen LogP contribution in [0, 0.1) is 39.9 Å². The Bertz CT molecular complexity index is 633. The largest absolute Gasteiger partial charge is 0.299 e. The lowest BCUT2D eigenvalue weighted by atomic mass is 9.41. The van der Waals surface area contributed by atoms with Crippen molar-refractivity contribution in [1.82, 2.24) is 0 Å². The zero-order chi connectivity index (χ0) is 17.5. The minimum absolute atomic E-state index is 0.0651. The Balaban J connectivity index is 1.75. The molecule has 4 saturated carbocycles. The van der Waals surface area contributed by atoms with Crippen LogP contribution >= 0.6 is 0 Å². The third-order valence-corrected chi connectivity index (χ3v) is 8.74. The number of fused-ring (bicyclic) bond motifs is 5. The van der Waals surface area contributed by atoms with E-state index in [2.05, 4.69) is 13.8 Å². The van der Waals surface area contributed by atoms with Crippen LogP contribution < -0.4 is 0 Å². The highest BCUT2D eigenvalue weighted by Crippen LogP contribution is 2.66. The summed E-state index contributed by atoms with van der Waals surface area (Å²) in [6, 6.07) is 0. The predicted molar refractivity (Wildman–Crippen MR) is 91.3 cm³/mol. The van der Waals surface area contributed by atoms with Gasteiger partial charge in [0, 0.05) is 36.0 Å². The lowest BCUT2D eigenvalue weighted by molar-refractivity contribution is -0.174. The van der Waals surface area contributed by atoms with Crippen LogP contribution in [0.25, 0.3) is 0 Å². The summed E-state index contributed by atoms with van der Waals surface area (Å²) in [5.74, 6) is 2.07. The van der Waals surface area contributed by atoms with E-state index in [1.54, 1.807) is 0 Å². The zero-order valence-corrected chi connectivity index (χ0v) is 15.5. The topological polar surface area (TPSA) is 51.2 Å². The minimum atomic E-state index is -0.526. The molecule has 0 heterocycles. The van der Waals surface area contributed by atoms with E-state index >= 15 is 0 Å². The lowest BCUT2D eigenvalue weighted by Gasteiger charge is -2.61. The van der Waals surface area contributed by atoms with Crippen molar-refractivity contribution in [3.63, 3.8) is 0 Å². The van der Waals surface area contributed by atoms with Crippen LogP contribution in [-0.4, -0.2) is 17.3 Å². The molecule has 0 unspecified atom stereocenters. The van der Waals surface area contributed by atoms with Gasteiger partial charge in [-0.25, -0.2) is 0 Å². The van der Waals surface area contributed by atoms with Crippen molar-refractivity contribution in [2.75, 3.05) is 0 Å². The van der Waals surface area contributed by atoms with Crippen molar-refractivity contribution < 1.29 is 14.4 Å². The number of hydrogen-bond donors (Lipinski definition) is 0. The van der Waals surface area contributed by atoms with Gasteiger partial charge in [0.05, 0.1) is 0 Å².